The number of ketones is 1. The molecule has 0 spiro atoms. The number of rotatable bonds is 6. The van der Waals surface area contributed by atoms with Crippen molar-refractivity contribution in [2.24, 2.45) is 0 Å². The number of hydrogen-bond donors (Lipinski definition) is 2. The molecule has 0 saturated carbocycles. The molecule has 1 aromatic heterocycles. The van der Waals surface area contributed by atoms with Gasteiger partial charge in [0.25, 0.3) is 0 Å². The van der Waals surface area contributed by atoms with Crippen LogP contribution in [0.5, 0.6) is 11.5 Å². The third kappa shape index (κ3) is 3.93. The fraction of sp³-hybridized carbons (Fsp3) is 0.0952. The minimum Gasteiger partial charge on any atom is -0.507 e. The average Bonchev–Trinajstić information content (AvgIpc) is 2.73. The van der Waals surface area contributed by atoms with Crippen LogP contribution in [-0.4, -0.2) is 36.1 Å². The highest BCUT2D eigenvalue weighted by molar-refractivity contribution is 6.11. The van der Waals surface area contributed by atoms with Crippen molar-refractivity contribution in [3.8, 4) is 11.5 Å². The van der Waals surface area contributed by atoms with Crippen molar-refractivity contribution in [1.29, 1.82) is 0 Å². The largest absolute Gasteiger partial charge is 0.507 e. The summed E-state index contributed by atoms with van der Waals surface area (Å²) >= 11 is 0. The summed E-state index contributed by atoms with van der Waals surface area (Å²) < 4.78 is 10.0. The molecule has 0 aliphatic heterocycles. The zero-order valence-electron chi connectivity index (χ0n) is 15.3. The Morgan fingerprint density at radius 1 is 1.00 bits per heavy atom. The minimum atomic E-state index is -0.648. The molecular formula is C21H18N2O5. The van der Waals surface area contributed by atoms with E-state index in [0.29, 0.717) is 11.4 Å². The van der Waals surface area contributed by atoms with E-state index in [2.05, 4.69) is 10.3 Å². The SMILES string of the molecule is COC(=O)c1cc(C(=O)c2ccccc2O)cnc1Nc1cccc(OC)c1. The molecule has 0 bridgehead atoms. The van der Waals surface area contributed by atoms with E-state index >= 15 is 0 Å². The zero-order chi connectivity index (χ0) is 20.1. The van der Waals surface area contributed by atoms with Crippen molar-refractivity contribution < 1.29 is 24.2 Å². The number of aromatic nitrogens is 1. The number of phenols is 1. The molecular weight excluding hydrogens is 360 g/mol. The molecule has 0 saturated heterocycles. The summed E-state index contributed by atoms with van der Waals surface area (Å²) in [5.41, 5.74) is 1.01. The number of anilines is 2. The van der Waals surface area contributed by atoms with Gasteiger partial charge in [-0.1, -0.05) is 18.2 Å². The molecule has 2 N–H and O–H groups in total. The highest BCUT2D eigenvalue weighted by Crippen LogP contribution is 2.25. The number of hydrogen-bond acceptors (Lipinski definition) is 7. The molecule has 3 aromatic rings. The topological polar surface area (TPSA) is 97.8 Å². The molecule has 28 heavy (non-hydrogen) atoms. The van der Waals surface area contributed by atoms with E-state index in [1.807, 2.05) is 0 Å². The van der Waals surface area contributed by atoms with Crippen LogP contribution in [0.1, 0.15) is 26.3 Å². The first-order valence-corrected chi connectivity index (χ1v) is 8.35. The van der Waals surface area contributed by atoms with Crippen LogP contribution in [0.15, 0.2) is 60.8 Å². The second kappa shape index (κ2) is 8.22. The maximum atomic E-state index is 12.7. The van der Waals surface area contributed by atoms with E-state index < -0.39 is 11.8 Å². The van der Waals surface area contributed by atoms with E-state index in [0.717, 1.165) is 0 Å². The van der Waals surface area contributed by atoms with Crippen molar-refractivity contribution in [3.63, 3.8) is 0 Å². The molecule has 0 radical (unpaired) electrons. The Balaban J connectivity index is 1.99. The van der Waals surface area contributed by atoms with E-state index in [9.17, 15) is 14.7 Å². The van der Waals surface area contributed by atoms with Crippen molar-refractivity contribution in [1.82, 2.24) is 4.98 Å². The van der Waals surface area contributed by atoms with Gasteiger partial charge in [-0.25, -0.2) is 9.78 Å². The molecule has 2 aromatic carbocycles. The van der Waals surface area contributed by atoms with Gasteiger partial charge in [-0.2, -0.15) is 0 Å². The smallest absolute Gasteiger partial charge is 0.341 e. The lowest BCUT2D eigenvalue weighted by Gasteiger charge is -2.12. The van der Waals surface area contributed by atoms with Gasteiger partial charge in [0.2, 0.25) is 0 Å². The maximum Gasteiger partial charge on any atom is 0.341 e. The second-order valence-electron chi connectivity index (χ2n) is 5.81. The number of nitrogens with one attached hydrogen (secondary N) is 1. The Bertz CT molecular complexity index is 1030. The molecule has 3 rings (SSSR count). The van der Waals surface area contributed by atoms with E-state index in [1.54, 1.807) is 43.5 Å². The van der Waals surface area contributed by atoms with Crippen LogP contribution in [0.25, 0.3) is 0 Å². The summed E-state index contributed by atoms with van der Waals surface area (Å²) in [5, 5.41) is 12.9. The lowest BCUT2D eigenvalue weighted by Crippen LogP contribution is -2.11. The molecule has 0 fully saturated rings. The van der Waals surface area contributed by atoms with Crippen LogP contribution >= 0.6 is 0 Å². The number of benzene rings is 2. The number of carbonyl (C=O) groups excluding carboxylic acids is 2. The van der Waals surface area contributed by atoms with Crippen molar-refractivity contribution in [2.75, 3.05) is 19.5 Å². The number of phenolic OH excluding ortho intramolecular Hbond substituents is 1. The summed E-state index contributed by atoms with van der Waals surface area (Å²) in [7, 11) is 2.80. The van der Waals surface area contributed by atoms with Gasteiger partial charge < -0.3 is 19.9 Å². The second-order valence-corrected chi connectivity index (χ2v) is 5.81. The first-order chi connectivity index (χ1) is 13.5. The molecule has 0 atom stereocenters. The van der Waals surface area contributed by atoms with Crippen LogP contribution < -0.4 is 10.1 Å². The normalized spacial score (nSPS) is 10.2. The summed E-state index contributed by atoms with van der Waals surface area (Å²) in [6.45, 7) is 0. The Hall–Kier alpha value is -3.87. The van der Waals surface area contributed by atoms with Gasteiger partial charge in [-0.3, -0.25) is 4.79 Å². The number of carbonyl (C=O) groups is 2. The lowest BCUT2D eigenvalue weighted by molar-refractivity contribution is 0.0601. The van der Waals surface area contributed by atoms with E-state index in [1.165, 1.54) is 31.5 Å². The Morgan fingerprint density at radius 3 is 2.50 bits per heavy atom. The van der Waals surface area contributed by atoms with Gasteiger partial charge in [0, 0.05) is 23.5 Å². The molecule has 7 nitrogen and oxygen atoms in total. The van der Waals surface area contributed by atoms with Crippen LogP contribution in [0.3, 0.4) is 0 Å². The van der Waals surface area contributed by atoms with Crippen LogP contribution in [-0.2, 0) is 4.74 Å². The summed E-state index contributed by atoms with van der Waals surface area (Å²) in [6, 6.07) is 14.7. The lowest BCUT2D eigenvalue weighted by atomic mass is 10.0. The predicted molar refractivity (Wildman–Crippen MR) is 103 cm³/mol. The summed E-state index contributed by atoms with van der Waals surface area (Å²) in [6.07, 6.45) is 1.34. The highest BCUT2D eigenvalue weighted by atomic mass is 16.5. The Labute approximate surface area is 161 Å². The first kappa shape index (κ1) is 18.9. The van der Waals surface area contributed by atoms with Gasteiger partial charge in [0.15, 0.2) is 5.78 Å². The fourth-order valence-electron chi connectivity index (χ4n) is 2.61. The third-order valence-electron chi connectivity index (χ3n) is 4.04. The number of nitrogens with zero attached hydrogens (tertiary/aromatic N) is 1. The highest BCUT2D eigenvalue weighted by Gasteiger charge is 2.20. The van der Waals surface area contributed by atoms with Gasteiger partial charge in [0.1, 0.15) is 22.9 Å². The number of methoxy groups -OCH3 is 2. The first-order valence-electron chi connectivity index (χ1n) is 8.35. The van der Waals surface area contributed by atoms with E-state index in [-0.39, 0.29) is 28.3 Å². The third-order valence-corrected chi connectivity index (χ3v) is 4.04. The Kier molecular flexibility index (Phi) is 5.55. The van der Waals surface area contributed by atoms with Crippen molar-refractivity contribution >= 4 is 23.3 Å². The van der Waals surface area contributed by atoms with Crippen LogP contribution in [0, 0.1) is 0 Å². The average molecular weight is 378 g/mol. The Morgan fingerprint density at radius 2 is 1.79 bits per heavy atom. The van der Waals surface area contributed by atoms with E-state index in [4.69, 9.17) is 9.47 Å². The predicted octanol–water partition coefficient (Wildman–Crippen LogP) is 3.56. The molecule has 0 aliphatic rings. The number of ether oxygens (including phenoxy) is 2. The maximum absolute atomic E-state index is 12.7. The number of aromatic hydroxyl groups is 1. The molecule has 7 heteroatoms. The minimum absolute atomic E-state index is 0.0894. The quantitative estimate of drug-likeness (QED) is 0.500. The molecule has 0 amide bonds. The summed E-state index contributed by atoms with van der Waals surface area (Å²) in [4.78, 5) is 29.2. The molecule has 1 heterocycles. The van der Waals surface area contributed by atoms with Crippen LogP contribution in [0.4, 0.5) is 11.5 Å². The number of esters is 1. The molecule has 0 aliphatic carbocycles. The van der Waals surface area contributed by atoms with Crippen molar-refractivity contribution in [3.05, 3.63) is 77.5 Å². The van der Waals surface area contributed by atoms with Crippen molar-refractivity contribution in [2.45, 2.75) is 0 Å². The monoisotopic (exact) mass is 378 g/mol. The number of pyridine rings is 1. The van der Waals surface area contributed by atoms with Gasteiger partial charge in [-0.05, 0) is 30.3 Å². The standard InChI is InChI=1S/C21H18N2O5/c1-27-15-7-5-6-14(11-15)23-20-17(21(26)28-2)10-13(12-22-20)19(25)16-8-3-4-9-18(16)24/h3-12,24H,1-2H3,(H,22,23). The summed E-state index contributed by atoms with van der Waals surface area (Å²) in [5.74, 6) is -0.385. The number of para-hydroxylation sites is 1. The van der Waals surface area contributed by atoms with Gasteiger partial charge >= 0.3 is 5.97 Å². The molecule has 0 unspecified atom stereocenters. The zero-order valence-corrected chi connectivity index (χ0v) is 15.3. The molecule has 142 valence electrons. The van der Waals surface area contributed by atoms with Gasteiger partial charge in [0.05, 0.1) is 19.8 Å². The van der Waals surface area contributed by atoms with Crippen LogP contribution in [0.2, 0.25) is 0 Å². The fourth-order valence-corrected chi connectivity index (χ4v) is 2.61. The van der Waals surface area contributed by atoms with Gasteiger partial charge in [-0.15, -0.1) is 0 Å².